The second-order valence-electron chi connectivity index (χ2n) is 2.57. The molecule has 0 fully saturated rings. The van der Waals surface area contributed by atoms with Gasteiger partial charge in [-0.2, -0.15) is 0 Å². The van der Waals surface area contributed by atoms with E-state index in [4.69, 9.17) is 22.9 Å². The molecule has 17 heavy (non-hydrogen) atoms. The summed E-state index contributed by atoms with van der Waals surface area (Å²) in [4.78, 5) is 0. The first-order chi connectivity index (χ1) is 5.83. The predicted molar refractivity (Wildman–Crippen MR) is 58.3 cm³/mol. The van der Waals surface area contributed by atoms with Crippen LogP contribution >= 0.6 is 0 Å². The van der Waals surface area contributed by atoms with Gasteiger partial charge in [0.1, 0.15) is 0 Å². The van der Waals surface area contributed by atoms with E-state index < -0.39 is 0 Å². The third-order valence-electron chi connectivity index (χ3n) is 1.32. The molecule has 0 aliphatic carbocycles. The van der Waals surface area contributed by atoms with E-state index in [1.165, 1.54) is 0 Å². The topological polar surface area (TPSA) is 136 Å². The monoisotopic (exact) mass is 358 g/mol. The van der Waals surface area contributed by atoms with E-state index in [9.17, 15) is 0 Å². The molecule has 114 valence electrons. The average molecular weight is 360 g/mol. The molecule has 0 aliphatic heterocycles. The number of hydrogen-bond acceptors (Lipinski definition) is 4. The Morgan fingerprint density at radius 3 is 0.647 bits per heavy atom. The van der Waals surface area contributed by atoms with Crippen LogP contribution in [0.5, 0.6) is 0 Å². The van der Waals surface area contributed by atoms with Gasteiger partial charge in [0.15, 0.2) is 0 Å². The van der Waals surface area contributed by atoms with Gasteiger partial charge < -0.3 is 65.6 Å². The van der Waals surface area contributed by atoms with Crippen molar-refractivity contribution in [2.45, 2.75) is 25.7 Å². The van der Waals surface area contributed by atoms with Crippen molar-refractivity contribution in [2.24, 2.45) is 22.9 Å². The first-order valence-corrected chi connectivity index (χ1v) is 4.63. The molecule has 0 radical (unpaired) electrons. The molecule has 0 atom stereocenters. The molecule has 0 aliphatic rings. The Bertz CT molecular complexity index is 64.7. The van der Waals surface area contributed by atoms with Gasteiger partial charge in [0, 0.05) is 0 Å². The van der Waals surface area contributed by atoms with Crippen molar-refractivity contribution in [1.82, 2.24) is 0 Å². The molecule has 0 spiro atoms. The van der Waals surface area contributed by atoms with Gasteiger partial charge >= 0.3 is 16.8 Å². The molecular formula is C8H26Cl3CoN4O. The van der Waals surface area contributed by atoms with Crippen LogP contribution in [0.1, 0.15) is 25.7 Å². The molecule has 0 amide bonds. The third-order valence-corrected chi connectivity index (χ3v) is 1.32. The predicted octanol–water partition coefficient (Wildman–Crippen LogP) is -10.4. The number of unbranched alkanes of at least 4 members (excludes halogenated alkanes) is 2. The Morgan fingerprint density at radius 1 is 0.471 bits per heavy atom. The van der Waals surface area contributed by atoms with E-state index in [1.54, 1.807) is 0 Å². The van der Waals surface area contributed by atoms with Crippen molar-refractivity contribution in [2.75, 3.05) is 26.2 Å². The van der Waals surface area contributed by atoms with E-state index in [2.05, 4.69) is 0 Å². The van der Waals surface area contributed by atoms with Crippen molar-refractivity contribution in [3.8, 4) is 0 Å². The van der Waals surface area contributed by atoms with Gasteiger partial charge in [-0.1, -0.05) is 0 Å². The normalized spacial score (nSPS) is 6.35. The van der Waals surface area contributed by atoms with Crippen molar-refractivity contribution >= 4 is 0 Å². The van der Waals surface area contributed by atoms with Crippen LogP contribution < -0.4 is 60.2 Å². The maximum Gasteiger partial charge on any atom is 3.00 e. The maximum atomic E-state index is 5.16. The van der Waals surface area contributed by atoms with E-state index in [1.807, 2.05) is 0 Å². The first kappa shape index (κ1) is 42.9. The minimum Gasteiger partial charge on any atom is -1.00 e. The number of rotatable bonds is 6. The maximum absolute atomic E-state index is 5.16. The summed E-state index contributed by atoms with van der Waals surface area (Å²) in [6.07, 6.45) is 4.26. The zero-order valence-electron chi connectivity index (χ0n) is 9.93. The fraction of sp³-hybridized carbons (Fsp3) is 1.00. The smallest absolute Gasteiger partial charge is 1.00 e. The Hall–Kier alpha value is 1.18. The van der Waals surface area contributed by atoms with Crippen molar-refractivity contribution < 1.29 is 59.5 Å². The first-order valence-electron chi connectivity index (χ1n) is 4.63. The molecule has 0 heterocycles. The van der Waals surface area contributed by atoms with Gasteiger partial charge in [-0.25, -0.2) is 0 Å². The molecule has 0 aromatic carbocycles. The van der Waals surface area contributed by atoms with Crippen molar-refractivity contribution in [3.63, 3.8) is 0 Å². The number of nitrogens with two attached hydrogens (primary N) is 4. The van der Waals surface area contributed by atoms with Crippen LogP contribution in [0.3, 0.4) is 0 Å². The van der Waals surface area contributed by atoms with Gasteiger partial charge in [0.05, 0.1) is 0 Å². The van der Waals surface area contributed by atoms with Crippen LogP contribution in [-0.2, 0) is 16.8 Å². The van der Waals surface area contributed by atoms with Gasteiger partial charge in [-0.3, -0.25) is 0 Å². The van der Waals surface area contributed by atoms with Crippen LogP contribution in [-0.4, -0.2) is 31.7 Å². The van der Waals surface area contributed by atoms with E-state index in [0.717, 1.165) is 51.9 Å². The zero-order valence-corrected chi connectivity index (χ0v) is 13.2. The zero-order chi connectivity index (χ0) is 9.66. The van der Waals surface area contributed by atoms with Crippen molar-refractivity contribution in [3.05, 3.63) is 0 Å². The molecule has 0 unspecified atom stereocenters. The Kier molecular flexibility index (Phi) is 135. The largest absolute Gasteiger partial charge is 3.00 e. The molecule has 0 bridgehead atoms. The molecule has 5 nitrogen and oxygen atoms in total. The van der Waals surface area contributed by atoms with E-state index in [0.29, 0.717) is 0 Å². The summed E-state index contributed by atoms with van der Waals surface area (Å²) < 4.78 is 0. The van der Waals surface area contributed by atoms with E-state index >= 15 is 0 Å². The van der Waals surface area contributed by atoms with Crippen molar-refractivity contribution in [1.29, 1.82) is 0 Å². The van der Waals surface area contributed by atoms with Crippen LogP contribution in [0.2, 0.25) is 0 Å². The minimum absolute atomic E-state index is 0. The van der Waals surface area contributed by atoms with Gasteiger partial charge in [-0.05, 0) is 51.9 Å². The minimum atomic E-state index is 0. The second kappa shape index (κ2) is 53.4. The molecule has 10 N–H and O–H groups in total. The number of hydrogen-bond donors (Lipinski definition) is 4. The molecule has 0 saturated carbocycles. The SMILES string of the molecule is NCCCCN.NCCCCN.O.[Cl-].[Cl-].[Cl-].[Co+3]. The summed E-state index contributed by atoms with van der Waals surface area (Å²) in [5.74, 6) is 0. The Balaban J connectivity index is -0.0000000182. The molecule has 0 saturated heterocycles. The van der Waals surface area contributed by atoms with Crippen LogP contribution in [0.15, 0.2) is 0 Å². The molecule has 0 aromatic heterocycles. The fourth-order valence-electron chi connectivity index (χ4n) is 0.577. The Labute approximate surface area is 134 Å². The molecule has 0 aromatic rings. The summed E-state index contributed by atoms with van der Waals surface area (Å²) >= 11 is 0. The Morgan fingerprint density at radius 2 is 0.588 bits per heavy atom. The number of halogens is 3. The third kappa shape index (κ3) is 76.8. The van der Waals surface area contributed by atoms with Gasteiger partial charge in [-0.15, -0.1) is 0 Å². The quantitative estimate of drug-likeness (QED) is 0.350. The van der Waals surface area contributed by atoms with E-state index in [-0.39, 0.29) is 59.5 Å². The molecule has 0 rings (SSSR count). The summed E-state index contributed by atoms with van der Waals surface area (Å²) in [6, 6.07) is 0. The summed E-state index contributed by atoms with van der Waals surface area (Å²) in [6.45, 7) is 3.10. The van der Waals surface area contributed by atoms with Crippen LogP contribution in [0, 0.1) is 0 Å². The van der Waals surface area contributed by atoms with Gasteiger partial charge in [0.25, 0.3) is 0 Å². The fourth-order valence-corrected chi connectivity index (χ4v) is 0.577. The standard InChI is InChI=1S/2C4H12N2.3ClH.Co.H2O/c2*5-3-1-2-4-6;;;;;/h2*1-6H2;3*1H;;1H2/q;;;;;+3;/p-3. The molecule has 9 heteroatoms. The average Bonchev–Trinajstić information content (AvgIpc) is 2.12. The summed E-state index contributed by atoms with van der Waals surface area (Å²) in [5, 5.41) is 0. The van der Waals surface area contributed by atoms with Crippen LogP contribution in [0.25, 0.3) is 0 Å². The molecular weight excluding hydrogens is 333 g/mol. The summed E-state index contributed by atoms with van der Waals surface area (Å²) in [7, 11) is 0. The summed E-state index contributed by atoms with van der Waals surface area (Å²) in [5.41, 5.74) is 20.6. The van der Waals surface area contributed by atoms with Gasteiger partial charge in [0.2, 0.25) is 0 Å². The van der Waals surface area contributed by atoms with Crippen LogP contribution in [0.4, 0.5) is 0 Å². The second-order valence-corrected chi connectivity index (χ2v) is 2.57.